The van der Waals surface area contributed by atoms with E-state index < -0.39 is 0 Å². The molecule has 2 atom stereocenters. The molecule has 2 aliphatic heterocycles. The Morgan fingerprint density at radius 3 is 3.06 bits per heavy atom. The normalized spacial score (nSPS) is 28.2. The van der Waals surface area contributed by atoms with E-state index in [1.165, 1.54) is 24.9 Å². The minimum atomic E-state index is 0.467. The van der Waals surface area contributed by atoms with Gasteiger partial charge in [0.1, 0.15) is 12.4 Å². The van der Waals surface area contributed by atoms with Crippen molar-refractivity contribution < 1.29 is 4.74 Å². The van der Waals surface area contributed by atoms with Crippen LogP contribution in [0.3, 0.4) is 0 Å². The van der Waals surface area contributed by atoms with Crippen molar-refractivity contribution in [1.82, 2.24) is 10.6 Å². The largest absolute Gasteiger partial charge is 0.492 e. The van der Waals surface area contributed by atoms with Gasteiger partial charge in [0.25, 0.3) is 0 Å². The lowest BCUT2D eigenvalue weighted by Gasteiger charge is -2.32. The number of hydrogen-bond donors (Lipinski definition) is 2. The SMILES string of the molecule is c1ccc2c(c1)CC(NC1CCCNC1)CO2. The number of fused-ring (bicyclic) bond motifs is 1. The van der Waals surface area contributed by atoms with E-state index >= 15 is 0 Å². The average Bonchev–Trinajstić information content (AvgIpc) is 2.40. The summed E-state index contributed by atoms with van der Waals surface area (Å²) in [5.41, 5.74) is 1.33. The maximum atomic E-state index is 5.79. The molecule has 2 heterocycles. The maximum absolute atomic E-state index is 5.79. The summed E-state index contributed by atoms with van der Waals surface area (Å²) in [6.07, 6.45) is 3.65. The average molecular weight is 232 g/mol. The highest BCUT2D eigenvalue weighted by molar-refractivity contribution is 5.35. The molecule has 0 saturated carbocycles. The van der Waals surface area contributed by atoms with Crippen molar-refractivity contribution in [1.29, 1.82) is 0 Å². The topological polar surface area (TPSA) is 33.3 Å². The van der Waals surface area contributed by atoms with Gasteiger partial charge in [0.2, 0.25) is 0 Å². The maximum Gasteiger partial charge on any atom is 0.122 e. The number of piperidine rings is 1. The lowest BCUT2D eigenvalue weighted by atomic mass is 10.0. The molecule has 1 aromatic rings. The minimum Gasteiger partial charge on any atom is -0.492 e. The van der Waals surface area contributed by atoms with Crippen LogP contribution in [0.2, 0.25) is 0 Å². The van der Waals surface area contributed by atoms with E-state index in [-0.39, 0.29) is 0 Å². The van der Waals surface area contributed by atoms with Crippen molar-refractivity contribution in [2.24, 2.45) is 0 Å². The first-order chi connectivity index (χ1) is 8.42. The molecule has 0 spiro atoms. The van der Waals surface area contributed by atoms with Gasteiger partial charge in [-0.1, -0.05) is 18.2 Å². The van der Waals surface area contributed by atoms with E-state index in [1.807, 2.05) is 6.07 Å². The first-order valence-corrected chi connectivity index (χ1v) is 6.59. The molecule has 2 unspecified atom stereocenters. The minimum absolute atomic E-state index is 0.467. The van der Waals surface area contributed by atoms with Crippen LogP contribution in [-0.4, -0.2) is 31.8 Å². The first kappa shape index (κ1) is 11.1. The van der Waals surface area contributed by atoms with E-state index in [2.05, 4.69) is 28.8 Å². The summed E-state index contributed by atoms with van der Waals surface area (Å²) in [5, 5.41) is 7.15. The number of benzene rings is 1. The summed E-state index contributed by atoms with van der Waals surface area (Å²) < 4.78 is 5.79. The third-order valence-corrected chi connectivity index (χ3v) is 3.65. The van der Waals surface area contributed by atoms with E-state index in [1.54, 1.807) is 0 Å². The molecule has 0 aliphatic carbocycles. The summed E-state index contributed by atoms with van der Waals surface area (Å²) in [4.78, 5) is 0. The van der Waals surface area contributed by atoms with Gasteiger partial charge >= 0.3 is 0 Å². The summed E-state index contributed by atoms with van der Waals surface area (Å²) in [5.74, 6) is 1.06. The van der Waals surface area contributed by atoms with E-state index in [0.29, 0.717) is 12.1 Å². The molecule has 0 amide bonds. The summed E-state index contributed by atoms with van der Waals surface area (Å²) in [6.45, 7) is 3.06. The highest BCUT2D eigenvalue weighted by Gasteiger charge is 2.22. The first-order valence-electron chi connectivity index (χ1n) is 6.59. The summed E-state index contributed by atoms with van der Waals surface area (Å²) in [7, 11) is 0. The van der Waals surface area contributed by atoms with Crippen LogP contribution in [0.25, 0.3) is 0 Å². The molecule has 2 aliphatic rings. The van der Waals surface area contributed by atoms with Gasteiger partial charge in [0.15, 0.2) is 0 Å². The van der Waals surface area contributed by atoms with Gasteiger partial charge in [-0.05, 0) is 37.4 Å². The predicted molar refractivity (Wildman–Crippen MR) is 68.5 cm³/mol. The van der Waals surface area contributed by atoms with Crippen LogP contribution in [0.5, 0.6) is 5.75 Å². The third kappa shape index (κ3) is 2.61. The fraction of sp³-hybridized carbons (Fsp3) is 0.571. The molecule has 92 valence electrons. The second-order valence-electron chi connectivity index (χ2n) is 5.03. The number of ether oxygens (including phenoxy) is 1. The van der Waals surface area contributed by atoms with Gasteiger partial charge in [-0.2, -0.15) is 0 Å². The van der Waals surface area contributed by atoms with Crippen molar-refractivity contribution in [2.75, 3.05) is 19.7 Å². The molecule has 0 radical (unpaired) electrons. The summed E-state index contributed by atoms with van der Waals surface area (Å²) >= 11 is 0. The van der Waals surface area contributed by atoms with E-state index in [9.17, 15) is 0 Å². The fourth-order valence-electron chi connectivity index (χ4n) is 2.76. The van der Waals surface area contributed by atoms with Crippen molar-refractivity contribution in [3.05, 3.63) is 29.8 Å². The van der Waals surface area contributed by atoms with Crippen molar-refractivity contribution >= 4 is 0 Å². The van der Waals surface area contributed by atoms with Crippen molar-refractivity contribution in [2.45, 2.75) is 31.3 Å². The zero-order valence-electron chi connectivity index (χ0n) is 10.1. The Kier molecular flexibility index (Phi) is 3.29. The molecule has 2 N–H and O–H groups in total. The Labute approximate surface area is 103 Å². The van der Waals surface area contributed by atoms with Gasteiger partial charge in [-0.3, -0.25) is 0 Å². The van der Waals surface area contributed by atoms with Crippen LogP contribution in [0, 0.1) is 0 Å². The monoisotopic (exact) mass is 232 g/mol. The molecular weight excluding hydrogens is 212 g/mol. The second-order valence-corrected chi connectivity index (χ2v) is 5.03. The Hall–Kier alpha value is -1.06. The zero-order valence-corrected chi connectivity index (χ0v) is 10.1. The number of rotatable bonds is 2. The van der Waals surface area contributed by atoms with E-state index in [4.69, 9.17) is 4.74 Å². The van der Waals surface area contributed by atoms with Gasteiger partial charge in [0.05, 0.1) is 0 Å². The molecular formula is C14H20N2O. The Morgan fingerprint density at radius 1 is 1.24 bits per heavy atom. The standard InChI is InChI=1S/C14H20N2O/c1-2-6-14-11(4-1)8-13(10-17-14)16-12-5-3-7-15-9-12/h1-2,4,6,12-13,15-16H,3,5,7-10H2. The molecule has 17 heavy (non-hydrogen) atoms. The molecule has 3 rings (SSSR count). The Morgan fingerprint density at radius 2 is 2.18 bits per heavy atom. The number of hydrogen-bond acceptors (Lipinski definition) is 3. The highest BCUT2D eigenvalue weighted by Crippen LogP contribution is 2.24. The van der Waals surface area contributed by atoms with Gasteiger partial charge in [-0.15, -0.1) is 0 Å². The summed E-state index contributed by atoms with van der Waals surface area (Å²) in [6, 6.07) is 9.44. The van der Waals surface area contributed by atoms with Gasteiger partial charge in [-0.25, -0.2) is 0 Å². The zero-order chi connectivity index (χ0) is 11.5. The van der Waals surface area contributed by atoms with Crippen molar-refractivity contribution in [3.8, 4) is 5.75 Å². The molecule has 3 nitrogen and oxygen atoms in total. The molecule has 1 fully saturated rings. The third-order valence-electron chi connectivity index (χ3n) is 3.65. The quantitative estimate of drug-likeness (QED) is 0.807. The van der Waals surface area contributed by atoms with E-state index in [0.717, 1.165) is 25.3 Å². The van der Waals surface area contributed by atoms with Crippen LogP contribution in [-0.2, 0) is 6.42 Å². The van der Waals surface area contributed by atoms with Crippen LogP contribution in [0.4, 0.5) is 0 Å². The lowest BCUT2D eigenvalue weighted by Crippen LogP contribution is -2.50. The van der Waals surface area contributed by atoms with Gasteiger partial charge in [0, 0.05) is 18.6 Å². The highest BCUT2D eigenvalue weighted by atomic mass is 16.5. The molecule has 1 saturated heterocycles. The van der Waals surface area contributed by atoms with Gasteiger partial charge < -0.3 is 15.4 Å². The number of nitrogens with one attached hydrogen (secondary N) is 2. The predicted octanol–water partition coefficient (Wildman–Crippen LogP) is 1.33. The number of para-hydroxylation sites is 1. The molecule has 3 heteroatoms. The van der Waals surface area contributed by atoms with Crippen LogP contribution < -0.4 is 15.4 Å². The van der Waals surface area contributed by atoms with Crippen LogP contribution in [0.15, 0.2) is 24.3 Å². The van der Waals surface area contributed by atoms with Crippen LogP contribution >= 0.6 is 0 Å². The molecule has 0 bridgehead atoms. The lowest BCUT2D eigenvalue weighted by molar-refractivity contribution is 0.218. The molecule has 1 aromatic carbocycles. The second kappa shape index (κ2) is 5.07. The van der Waals surface area contributed by atoms with Crippen LogP contribution in [0.1, 0.15) is 18.4 Å². The van der Waals surface area contributed by atoms with Crippen molar-refractivity contribution in [3.63, 3.8) is 0 Å². The molecule has 0 aromatic heterocycles. The fourth-order valence-corrected chi connectivity index (χ4v) is 2.76. The Bertz CT molecular complexity index is 374. The smallest absolute Gasteiger partial charge is 0.122 e. The Balaban J connectivity index is 1.60.